The minimum atomic E-state index is -4.92. The van der Waals surface area contributed by atoms with Gasteiger partial charge in [-0.25, -0.2) is 19.0 Å². The molecule has 0 unspecified atom stereocenters. The van der Waals surface area contributed by atoms with Crippen LogP contribution in [0.4, 0.5) is 26.3 Å². The molecule has 4 aromatic rings. The summed E-state index contributed by atoms with van der Waals surface area (Å²) in [5.74, 6) is -0.947. The molecule has 0 saturated heterocycles. The molecule has 0 aromatic carbocycles. The quantitative estimate of drug-likeness (QED) is 0.439. The van der Waals surface area contributed by atoms with Gasteiger partial charge in [-0.15, -0.1) is 0 Å². The molecule has 0 atom stereocenters. The molecular formula is C19H11F6N5O. The van der Waals surface area contributed by atoms with Crippen LogP contribution in [0, 0.1) is 5.82 Å². The number of alkyl halides is 5. The zero-order valence-electron chi connectivity index (χ0n) is 15.4. The molecule has 6 nitrogen and oxygen atoms in total. The fourth-order valence-corrected chi connectivity index (χ4v) is 3.57. The first-order valence-electron chi connectivity index (χ1n) is 9.11. The monoisotopic (exact) mass is 439 g/mol. The third kappa shape index (κ3) is 3.04. The van der Waals surface area contributed by atoms with Gasteiger partial charge in [-0.3, -0.25) is 9.36 Å². The summed E-state index contributed by atoms with van der Waals surface area (Å²) in [4.78, 5) is 20.7. The van der Waals surface area contributed by atoms with Crippen LogP contribution in [0.2, 0.25) is 0 Å². The van der Waals surface area contributed by atoms with E-state index in [0.29, 0.717) is 17.4 Å². The zero-order valence-corrected chi connectivity index (χ0v) is 15.4. The van der Waals surface area contributed by atoms with Gasteiger partial charge in [0.1, 0.15) is 11.5 Å². The van der Waals surface area contributed by atoms with E-state index in [1.807, 2.05) is 0 Å². The molecule has 1 aliphatic rings. The predicted molar refractivity (Wildman–Crippen MR) is 96.6 cm³/mol. The van der Waals surface area contributed by atoms with Crippen molar-refractivity contribution in [3.05, 3.63) is 58.2 Å². The van der Waals surface area contributed by atoms with Crippen molar-refractivity contribution in [2.75, 3.05) is 0 Å². The molecule has 5 rings (SSSR count). The molecule has 1 aliphatic carbocycles. The standard InChI is InChI=1S/C19H11F6N5O/c20-11-6-9-10-7-29(18(21)22)28-14(10)17(31)30(16(9)27-13(11)8-3-4-8)12-2-1-5-26-15(12)19(23,24)25/h1-2,5-8,18H,3-4H2. The third-order valence-corrected chi connectivity index (χ3v) is 5.08. The average Bonchev–Trinajstić information content (AvgIpc) is 3.44. The molecule has 12 heteroatoms. The van der Waals surface area contributed by atoms with E-state index in [9.17, 15) is 31.1 Å². The van der Waals surface area contributed by atoms with Gasteiger partial charge in [0.15, 0.2) is 11.2 Å². The molecule has 0 bridgehead atoms. The Kier molecular flexibility index (Phi) is 4.11. The maximum Gasteiger partial charge on any atom is 0.435 e. The molecule has 1 fully saturated rings. The molecule has 160 valence electrons. The zero-order chi connectivity index (χ0) is 22.1. The van der Waals surface area contributed by atoms with E-state index in [4.69, 9.17) is 0 Å². The van der Waals surface area contributed by atoms with Crippen LogP contribution in [-0.4, -0.2) is 24.3 Å². The van der Waals surface area contributed by atoms with Crippen molar-refractivity contribution in [2.45, 2.75) is 31.5 Å². The van der Waals surface area contributed by atoms with Gasteiger partial charge in [0, 0.05) is 29.1 Å². The average molecular weight is 439 g/mol. The van der Waals surface area contributed by atoms with Crippen LogP contribution in [0.3, 0.4) is 0 Å². The summed E-state index contributed by atoms with van der Waals surface area (Å²) in [5, 5.41) is 3.27. The van der Waals surface area contributed by atoms with E-state index in [1.54, 1.807) is 0 Å². The van der Waals surface area contributed by atoms with Crippen molar-refractivity contribution >= 4 is 21.9 Å². The Hall–Kier alpha value is -3.44. The number of hydrogen-bond acceptors (Lipinski definition) is 4. The Bertz CT molecular complexity index is 1400. The second kappa shape index (κ2) is 6.53. The first-order valence-corrected chi connectivity index (χ1v) is 9.11. The van der Waals surface area contributed by atoms with Gasteiger partial charge >= 0.3 is 12.7 Å². The van der Waals surface area contributed by atoms with Crippen molar-refractivity contribution in [1.29, 1.82) is 0 Å². The van der Waals surface area contributed by atoms with E-state index >= 15 is 0 Å². The molecule has 31 heavy (non-hydrogen) atoms. The number of aromatic nitrogens is 5. The number of hydrogen-bond donors (Lipinski definition) is 0. The topological polar surface area (TPSA) is 65.6 Å². The summed E-state index contributed by atoms with van der Waals surface area (Å²) in [6.45, 7) is -3.11. The summed E-state index contributed by atoms with van der Waals surface area (Å²) in [6.07, 6.45) is -1.87. The fraction of sp³-hybridized carbons (Fsp3) is 0.263. The minimum Gasteiger partial charge on any atom is -0.266 e. The first-order chi connectivity index (χ1) is 14.7. The van der Waals surface area contributed by atoms with Gasteiger partial charge < -0.3 is 0 Å². The van der Waals surface area contributed by atoms with Gasteiger partial charge in [-0.05, 0) is 31.0 Å². The number of rotatable bonds is 3. The number of halogens is 6. The lowest BCUT2D eigenvalue weighted by atomic mass is 10.1. The summed E-state index contributed by atoms with van der Waals surface area (Å²) in [6, 6.07) is 3.19. The van der Waals surface area contributed by atoms with Crippen LogP contribution < -0.4 is 5.56 Å². The van der Waals surface area contributed by atoms with Gasteiger partial charge in [-0.1, -0.05) is 0 Å². The second-order valence-electron chi connectivity index (χ2n) is 7.16. The highest BCUT2D eigenvalue weighted by Crippen LogP contribution is 2.41. The fourth-order valence-electron chi connectivity index (χ4n) is 3.57. The highest BCUT2D eigenvalue weighted by molar-refractivity contribution is 6.03. The molecule has 0 spiro atoms. The van der Waals surface area contributed by atoms with E-state index in [0.717, 1.165) is 24.5 Å². The number of pyridine rings is 3. The van der Waals surface area contributed by atoms with Crippen LogP contribution in [0.25, 0.3) is 27.6 Å². The molecule has 1 saturated carbocycles. The van der Waals surface area contributed by atoms with E-state index < -0.39 is 41.0 Å². The van der Waals surface area contributed by atoms with Crippen molar-refractivity contribution in [3.63, 3.8) is 0 Å². The largest absolute Gasteiger partial charge is 0.435 e. The molecule has 0 aliphatic heterocycles. The van der Waals surface area contributed by atoms with Crippen molar-refractivity contribution in [1.82, 2.24) is 24.3 Å². The molecule has 4 heterocycles. The Balaban J connectivity index is 1.97. The van der Waals surface area contributed by atoms with Gasteiger partial charge in [-0.2, -0.15) is 27.1 Å². The SMILES string of the molecule is O=c1c2nn(C(F)F)cc2c2cc(F)c(C3CC3)nc2n1-c1cccnc1C(F)(F)F. The van der Waals surface area contributed by atoms with Crippen LogP contribution in [0.1, 0.15) is 36.7 Å². The third-order valence-electron chi connectivity index (χ3n) is 5.08. The lowest BCUT2D eigenvalue weighted by Gasteiger charge is -2.16. The Morgan fingerprint density at radius 3 is 2.55 bits per heavy atom. The Labute approximate surface area is 168 Å². The van der Waals surface area contributed by atoms with Crippen molar-refractivity contribution in [2.24, 2.45) is 0 Å². The summed E-state index contributed by atoms with van der Waals surface area (Å²) in [7, 11) is 0. The van der Waals surface area contributed by atoms with Gasteiger partial charge in [0.2, 0.25) is 0 Å². The lowest BCUT2D eigenvalue weighted by Crippen LogP contribution is -2.24. The van der Waals surface area contributed by atoms with Gasteiger partial charge in [0.25, 0.3) is 5.56 Å². The van der Waals surface area contributed by atoms with Crippen LogP contribution in [-0.2, 0) is 6.18 Å². The maximum absolute atomic E-state index is 14.7. The normalized spacial score (nSPS) is 14.8. The number of nitrogens with zero attached hydrogens (tertiary/aromatic N) is 5. The summed E-state index contributed by atoms with van der Waals surface area (Å²) < 4.78 is 82.6. The molecule has 0 radical (unpaired) electrons. The van der Waals surface area contributed by atoms with Gasteiger partial charge in [0.05, 0.1) is 11.4 Å². The van der Waals surface area contributed by atoms with E-state index in [1.165, 1.54) is 6.07 Å². The second-order valence-corrected chi connectivity index (χ2v) is 7.16. The smallest absolute Gasteiger partial charge is 0.266 e. The van der Waals surface area contributed by atoms with E-state index in [2.05, 4.69) is 15.1 Å². The molecule has 0 N–H and O–H groups in total. The highest BCUT2D eigenvalue weighted by atomic mass is 19.4. The molecular weight excluding hydrogens is 428 g/mol. The lowest BCUT2D eigenvalue weighted by molar-refractivity contribution is -0.141. The Morgan fingerprint density at radius 2 is 1.90 bits per heavy atom. The number of fused-ring (bicyclic) bond motifs is 3. The predicted octanol–water partition coefficient (Wildman–Crippen LogP) is 4.56. The highest BCUT2D eigenvalue weighted by Gasteiger charge is 2.37. The van der Waals surface area contributed by atoms with Crippen LogP contribution in [0.5, 0.6) is 0 Å². The molecule has 4 aromatic heterocycles. The van der Waals surface area contributed by atoms with Crippen LogP contribution in [0.15, 0.2) is 35.4 Å². The summed E-state index contributed by atoms with van der Waals surface area (Å²) >= 11 is 0. The Morgan fingerprint density at radius 1 is 1.16 bits per heavy atom. The van der Waals surface area contributed by atoms with Crippen molar-refractivity contribution < 1.29 is 26.3 Å². The van der Waals surface area contributed by atoms with E-state index in [-0.39, 0.29) is 32.7 Å². The first kappa shape index (κ1) is 19.5. The van der Waals surface area contributed by atoms with Crippen molar-refractivity contribution in [3.8, 4) is 5.69 Å². The summed E-state index contributed by atoms with van der Waals surface area (Å²) in [5.41, 5.74) is -3.93. The molecule has 0 amide bonds. The minimum absolute atomic E-state index is 0.0127. The van der Waals surface area contributed by atoms with Crippen LogP contribution >= 0.6 is 0 Å². The maximum atomic E-state index is 14.7.